The smallest absolute Gasteiger partial charge is 0.321 e. The molecule has 4 rings (SSSR count). The number of nitrogens with two attached hydrogens (primary N) is 1. The van der Waals surface area contributed by atoms with Crippen LogP contribution in [0.5, 0.6) is 0 Å². The van der Waals surface area contributed by atoms with E-state index >= 15 is 0 Å². The minimum absolute atomic E-state index is 0.0535. The van der Waals surface area contributed by atoms with Crippen molar-refractivity contribution in [2.75, 3.05) is 43.9 Å². The van der Waals surface area contributed by atoms with E-state index in [1.165, 1.54) is 9.80 Å². The quantitative estimate of drug-likeness (QED) is 0.120. The molecule has 1 saturated carbocycles. The van der Waals surface area contributed by atoms with Crippen LogP contribution in [0.4, 0.5) is 21.0 Å². The van der Waals surface area contributed by atoms with Crippen LogP contribution in [-0.2, 0) is 24.0 Å². The summed E-state index contributed by atoms with van der Waals surface area (Å²) in [7, 11) is 1.69. The summed E-state index contributed by atoms with van der Waals surface area (Å²) in [5.74, 6) is -1.09. The Bertz CT molecular complexity index is 1510. The van der Waals surface area contributed by atoms with E-state index in [-0.39, 0.29) is 67.9 Å². The van der Waals surface area contributed by atoms with Gasteiger partial charge in [0.25, 0.3) is 0 Å². The van der Waals surface area contributed by atoms with Crippen molar-refractivity contribution in [3.8, 4) is 0 Å². The Morgan fingerprint density at radius 1 is 0.889 bits per heavy atom. The molecular formula is C37H58N10O7. The molecule has 0 radical (unpaired) electrons. The number of anilines is 2. The van der Waals surface area contributed by atoms with E-state index in [1.54, 1.807) is 55.0 Å². The zero-order chi connectivity index (χ0) is 39.5. The molecule has 1 aromatic carbocycles. The van der Waals surface area contributed by atoms with E-state index in [1.807, 2.05) is 13.8 Å². The van der Waals surface area contributed by atoms with Gasteiger partial charge in [0.15, 0.2) is 0 Å². The maximum atomic E-state index is 13.7. The van der Waals surface area contributed by atoms with Crippen molar-refractivity contribution in [3.05, 3.63) is 24.3 Å². The lowest BCUT2D eigenvalue weighted by Crippen LogP contribution is -2.50. The first-order valence-electron chi connectivity index (χ1n) is 19.1. The van der Waals surface area contributed by atoms with Gasteiger partial charge in [0, 0.05) is 68.1 Å². The van der Waals surface area contributed by atoms with Gasteiger partial charge in [-0.2, -0.15) is 0 Å². The second kappa shape index (κ2) is 19.4. The van der Waals surface area contributed by atoms with E-state index < -0.39 is 36.1 Å². The molecule has 1 aromatic rings. The molecule has 3 fully saturated rings. The Balaban J connectivity index is 1.34. The number of hydrogen-bond donors (Lipinski definition) is 6. The molecular weight excluding hydrogens is 696 g/mol. The molecule has 2 aliphatic heterocycles. The third-order valence-electron chi connectivity index (χ3n) is 10.6. The monoisotopic (exact) mass is 754 g/mol. The zero-order valence-corrected chi connectivity index (χ0v) is 32.1. The highest BCUT2D eigenvalue weighted by atomic mass is 16.2. The molecule has 17 heteroatoms. The van der Waals surface area contributed by atoms with Crippen molar-refractivity contribution in [2.24, 2.45) is 5.73 Å². The number of primary amides is 1. The molecule has 54 heavy (non-hydrogen) atoms. The molecule has 7 N–H and O–H groups in total. The predicted octanol–water partition coefficient (Wildman–Crippen LogP) is 1.40. The van der Waals surface area contributed by atoms with E-state index in [2.05, 4.69) is 26.6 Å². The van der Waals surface area contributed by atoms with Gasteiger partial charge in [0.1, 0.15) is 12.1 Å². The van der Waals surface area contributed by atoms with E-state index in [0.29, 0.717) is 50.0 Å². The number of carbonyl (C=O) groups excluding carboxylic acids is 7. The van der Waals surface area contributed by atoms with Crippen LogP contribution in [0.15, 0.2) is 24.3 Å². The van der Waals surface area contributed by atoms with Crippen LogP contribution in [0.3, 0.4) is 0 Å². The lowest BCUT2D eigenvalue weighted by molar-refractivity contribution is -0.139. The molecule has 1 aliphatic carbocycles. The summed E-state index contributed by atoms with van der Waals surface area (Å²) < 4.78 is 0. The molecule has 298 valence electrons. The first-order chi connectivity index (χ1) is 25.8. The molecule has 3 aliphatic rings. The number of nitrogens with one attached hydrogen (secondary N) is 5. The number of carbonyl (C=O) groups is 7. The average molecular weight is 755 g/mol. The van der Waals surface area contributed by atoms with Gasteiger partial charge in [0.2, 0.25) is 30.0 Å². The number of urea groups is 2. The standard InChI is InChI=1S/C37H58N10O7/c1-6-44(20-18-32(49)47-24(3)7-15-30(47)33(38)50)36(53)42-27-10-12-28(13-11-27)43-37(54)45(21-23(2)40-34(51)25(4)39-5)19-17-29-14-16-31(46(29)22-48)35(52)41-26-8-9-26/h10-13,22-26,29-31,39H,6-9,14-21H2,1-5H3,(H2,38,50)(H,40,51)(H,41,52)(H,42,53)(H,43,54)/t23?,24-,25?,29+,30-,31?/m0/s1. The number of likely N-dealkylation sites (N-methyl/N-ethyl adjacent to an activating group) is 1. The van der Waals surface area contributed by atoms with Crippen LogP contribution < -0.4 is 32.3 Å². The molecule has 9 amide bonds. The normalized spacial score (nSPS) is 21.8. The van der Waals surface area contributed by atoms with Crippen LogP contribution in [0.2, 0.25) is 0 Å². The third-order valence-corrected chi connectivity index (χ3v) is 10.6. The average Bonchev–Trinajstić information content (AvgIpc) is 3.71. The van der Waals surface area contributed by atoms with Crippen molar-refractivity contribution in [1.82, 2.24) is 35.6 Å². The second-order valence-electron chi connectivity index (χ2n) is 14.7. The fourth-order valence-electron chi connectivity index (χ4n) is 7.09. The van der Waals surface area contributed by atoms with Crippen molar-refractivity contribution >= 4 is 53.5 Å². The minimum Gasteiger partial charge on any atom is -0.368 e. The van der Waals surface area contributed by atoms with E-state index in [0.717, 1.165) is 19.3 Å². The number of nitrogens with zero attached hydrogens (tertiary/aromatic N) is 4. The molecule has 17 nitrogen and oxygen atoms in total. The summed E-state index contributed by atoms with van der Waals surface area (Å²) in [5.41, 5.74) is 6.45. The SMILES string of the molecule is CCN(CCC(=O)N1[C@@H](C)CC[C@H]1C(N)=O)C(=O)Nc1ccc(NC(=O)N(CC[C@H]2CCC(C(=O)NC3CC3)N2C=O)CC(C)NC(=O)C(C)NC)cc1. The minimum atomic E-state index is -0.627. The summed E-state index contributed by atoms with van der Waals surface area (Å²) in [6, 6.07) is 3.68. The second-order valence-corrected chi connectivity index (χ2v) is 14.7. The Morgan fingerprint density at radius 2 is 1.50 bits per heavy atom. The summed E-state index contributed by atoms with van der Waals surface area (Å²) in [4.78, 5) is 95.2. The first-order valence-corrected chi connectivity index (χ1v) is 19.1. The van der Waals surface area contributed by atoms with E-state index in [9.17, 15) is 33.6 Å². The van der Waals surface area contributed by atoms with Crippen molar-refractivity contribution in [2.45, 2.75) is 121 Å². The highest BCUT2D eigenvalue weighted by molar-refractivity contribution is 5.92. The molecule has 3 unspecified atom stereocenters. The highest BCUT2D eigenvalue weighted by Gasteiger charge is 2.39. The molecule has 6 atom stereocenters. The Hall–Kier alpha value is -4.93. The van der Waals surface area contributed by atoms with Crippen LogP contribution in [0, 0.1) is 0 Å². The van der Waals surface area contributed by atoms with Gasteiger partial charge in [-0.05, 0) is 104 Å². The fourth-order valence-corrected chi connectivity index (χ4v) is 7.09. The lowest BCUT2D eigenvalue weighted by atomic mass is 10.1. The summed E-state index contributed by atoms with van der Waals surface area (Å²) in [6.07, 6.45) is 5.53. The zero-order valence-electron chi connectivity index (χ0n) is 32.1. The molecule has 2 heterocycles. The van der Waals surface area contributed by atoms with Crippen molar-refractivity contribution < 1.29 is 33.6 Å². The maximum Gasteiger partial charge on any atom is 0.321 e. The summed E-state index contributed by atoms with van der Waals surface area (Å²) >= 11 is 0. The summed E-state index contributed by atoms with van der Waals surface area (Å²) in [5, 5.41) is 14.5. The van der Waals surface area contributed by atoms with Crippen molar-refractivity contribution in [1.29, 1.82) is 0 Å². The fraction of sp³-hybridized carbons (Fsp3) is 0.649. The highest BCUT2D eigenvalue weighted by Crippen LogP contribution is 2.28. The Morgan fingerprint density at radius 3 is 2.06 bits per heavy atom. The lowest BCUT2D eigenvalue weighted by Gasteiger charge is -2.30. The number of amides is 9. The first kappa shape index (κ1) is 41.8. The largest absolute Gasteiger partial charge is 0.368 e. The van der Waals surface area contributed by atoms with Gasteiger partial charge in [-0.15, -0.1) is 0 Å². The number of rotatable bonds is 18. The predicted molar refractivity (Wildman–Crippen MR) is 203 cm³/mol. The molecule has 0 bridgehead atoms. The number of benzene rings is 1. The molecule has 2 saturated heterocycles. The van der Waals surface area contributed by atoms with Crippen molar-refractivity contribution in [3.63, 3.8) is 0 Å². The Kier molecular flexibility index (Phi) is 15.0. The van der Waals surface area contributed by atoms with E-state index in [4.69, 9.17) is 5.73 Å². The third kappa shape index (κ3) is 11.3. The Labute approximate surface area is 317 Å². The molecule has 0 aromatic heterocycles. The van der Waals surface area contributed by atoms with Gasteiger partial charge in [-0.3, -0.25) is 24.0 Å². The number of hydrogen-bond acceptors (Lipinski definition) is 8. The molecule has 0 spiro atoms. The van der Waals surface area contributed by atoms with Gasteiger partial charge >= 0.3 is 12.1 Å². The van der Waals surface area contributed by atoms with Gasteiger partial charge < -0.3 is 51.9 Å². The van der Waals surface area contributed by atoms with Crippen LogP contribution >= 0.6 is 0 Å². The van der Waals surface area contributed by atoms with Crippen LogP contribution in [0.25, 0.3) is 0 Å². The number of likely N-dealkylation sites (tertiary alicyclic amines) is 2. The summed E-state index contributed by atoms with van der Waals surface area (Å²) in [6.45, 7) is 8.20. The maximum absolute atomic E-state index is 13.7. The van der Waals surface area contributed by atoms with Gasteiger partial charge in [0.05, 0.1) is 6.04 Å². The van der Waals surface area contributed by atoms with Crippen LogP contribution in [-0.4, -0.2) is 137 Å². The topological polar surface area (TPSA) is 219 Å². The van der Waals surface area contributed by atoms with Gasteiger partial charge in [-0.1, -0.05) is 0 Å². The van der Waals surface area contributed by atoms with Crippen LogP contribution in [0.1, 0.15) is 79.1 Å². The van der Waals surface area contributed by atoms with Gasteiger partial charge in [-0.25, -0.2) is 9.59 Å².